The highest BCUT2D eigenvalue weighted by Gasteiger charge is 2.16. The van der Waals surface area contributed by atoms with Gasteiger partial charge in [0.15, 0.2) is 0 Å². The molecule has 1 heterocycles. The fourth-order valence-corrected chi connectivity index (χ4v) is 2.24. The van der Waals surface area contributed by atoms with Crippen molar-refractivity contribution >= 4 is 5.69 Å². The molecule has 0 bridgehead atoms. The molecule has 0 saturated carbocycles. The Kier molecular flexibility index (Phi) is 4.12. The Hall–Kier alpha value is -1.94. The number of anilines is 1. The molecule has 4 nitrogen and oxygen atoms in total. The minimum absolute atomic E-state index is 0.0852. The number of rotatable bonds is 5. The van der Waals surface area contributed by atoms with Crippen molar-refractivity contribution in [1.82, 2.24) is 0 Å². The van der Waals surface area contributed by atoms with Crippen LogP contribution in [0.3, 0.4) is 0 Å². The van der Waals surface area contributed by atoms with Gasteiger partial charge >= 0.3 is 0 Å². The molecular weight excluding hydrogens is 240 g/mol. The summed E-state index contributed by atoms with van der Waals surface area (Å²) < 4.78 is 10.5. The molecule has 0 amide bonds. The number of furan rings is 1. The van der Waals surface area contributed by atoms with E-state index >= 15 is 0 Å². The zero-order valence-electron chi connectivity index (χ0n) is 11.6. The molecule has 0 fully saturated rings. The second kappa shape index (κ2) is 5.80. The SMILES string of the molecule is COc1cccc(N(C)Cc2ccoc2)c1C(C)N. The number of benzene rings is 1. The molecule has 1 unspecified atom stereocenters. The van der Waals surface area contributed by atoms with E-state index in [1.807, 2.05) is 32.2 Å². The Morgan fingerprint density at radius 3 is 2.74 bits per heavy atom. The number of nitrogens with zero attached hydrogens (tertiary/aromatic N) is 1. The van der Waals surface area contributed by atoms with Crippen LogP contribution in [-0.2, 0) is 6.54 Å². The molecule has 1 atom stereocenters. The first-order valence-corrected chi connectivity index (χ1v) is 6.28. The van der Waals surface area contributed by atoms with Gasteiger partial charge in [0.25, 0.3) is 0 Å². The van der Waals surface area contributed by atoms with Gasteiger partial charge in [0, 0.05) is 36.4 Å². The summed E-state index contributed by atoms with van der Waals surface area (Å²) >= 11 is 0. The van der Waals surface area contributed by atoms with Gasteiger partial charge in [0.2, 0.25) is 0 Å². The van der Waals surface area contributed by atoms with Crippen molar-refractivity contribution in [3.8, 4) is 5.75 Å². The lowest BCUT2D eigenvalue weighted by molar-refractivity contribution is 0.407. The van der Waals surface area contributed by atoms with Gasteiger partial charge in [-0.1, -0.05) is 6.07 Å². The zero-order valence-corrected chi connectivity index (χ0v) is 11.6. The Bertz CT molecular complexity index is 521. The molecule has 0 aliphatic rings. The summed E-state index contributed by atoms with van der Waals surface area (Å²) in [6.07, 6.45) is 3.43. The third kappa shape index (κ3) is 2.90. The molecule has 0 radical (unpaired) electrons. The zero-order chi connectivity index (χ0) is 13.8. The number of ether oxygens (including phenoxy) is 1. The normalized spacial score (nSPS) is 12.2. The number of hydrogen-bond acceptors (Lipinski definition) is 4. The predicted octanol–water partition coefficient (Wildman–Crippen LogP) is 2.94. The molecule has 4 heteroatoms. The summed E-state index contributed by atoms with van der Waals surface area (Å²) in [5, 5.41) is 0. The van der Waals surface area contributed by atoms with E-state index in [0.717, 1.165) is 29.1 Å². The van der Waals surface area contributed by atoms with E-state index in [9.17, 15) is 0 Å². The second-order valence-corrected chi connectivity index (χ2v) is 4.67. The standard InChI is InChI=1S/C15H20N2O2/c1-11(16)15-13(5-4-6-14(15)18-3)17(2)9-12-7-8-19-10-12/h4-8,10-11H,9,16H2,1-3H3. The third-order valence-corrected chi connectivity index (χ3v) is 3.13. The Labute approximate surface area is 113 Å². The van der Waals surface area contributed by atoms with Crippen LogP contribution >= 0.6 is 0 Å². The molecule has 1 aromatic heterocycles. The lowest BCUT2D eigenvalue weighted by Crippen LogP contribution is -2.20. The summed E-state index contributed by atoms with van der Waals surface area (Å²) in [5.41, 5.74) is 9.31. The van der Waals surface area contributed by atoms with Crippen LogP contribution in [0, 0.1) is 0 Å². The molecule has 1 aromatic carbocycles. The van der Waals surface area contributed by atoms with Crippen molar-refractivity contribution in [3.05, 3.63) is 47.9 Å². The van der Waals surface area contributed by atoms with Crippen LogP contribution in [0.15, 0.2) is 41.2 Å². The van der Waals surface area contributed by atoms with Crippen LogP contribution in [0.5, 0.6) is 5.75 Å². The van der Waals surface area contributed by atoms with Gasteiger partial charge in [0.1, 0.15) is 5.75 Å². The van der Waals surface area contributed by atoms with Gasteiger partial charge in [0.05, 0.1) is 19.6 Å². The van der Waals surface area contributed by atoms with E-state index < -0.39 is 0 Å². The Balaban J connectivity index is 2.32. The van der Waals surface area contributed by atoms with Crippen molar-refractivity contribution in [2.75, 3.05) is 19.1 Å². The highest BCUT2D eigenvalue weighted by Crippen LogP contribution is 2.33. The highest BCUT2D eigenvalue weighted by atomic mass is 16.5. The minimum atomic E-state index is -0.0852. The van der Waals surface area contributed by atoms with Gasteiger partial charge in [-0.15, -0.1) is 0 Å². The van der Waals surface area contributed by atoms with Gasteiger partial charge in [-0.25, -0.2) is 0 Å². The topological polar surface area (TPSA) is 51.6 Å². The fraction of sp³-hybridized carbons (Fsp3) is 0.333. The maximum Gasteiger partial charge on any atom is 0.125 e. The highest BCUT2D eigenvalue weighted by molar-refractivity contribution is 5.60. The molecule has 0 aliphatic carbocycles. The first-order chi connectivity index (χ1) is 9.13. The van der Waals surface area contributed by atoms with E-state index in [1.165, 1.54) is 0 Å². The van der Waals surface area contributed by atoms with Crippen LogP contribution in [0.25, 0.3) is 0 Å². The smallest absolute Gasteiger partial charge is 0.125 e. The Morgan fingerprint density at radius 1 is 1.37 bits per heavy atom. The second-order valence-electron chi connectivity index (χ2n) is 4.67. The molecule has 2 rings (SSSR count). The van der Waals surface area contributed by atoms with Crippen LogP contribution in [0.1, 0.15) is 24.1 Å². The summed E-state index contributed by atoms with van der Waals surface area (Å²) in [4.78, 5) is 2.14. The summed E-state index contributed by atoms with van der Waals surface area (Å²) in [6.45, 7) is 2.73. The Morgan fingerprint density at radius 2 is 2.16 bits per heavy atom. The van der Waals surface area contributed by atoms with Gasteiger partial charge in [-0.2, -0.15) is 0 Å². The van der Waals surface area contributed by atoms with Crippen LogP contribution < -0.4 is 15.4 Å². The molecular formula is C15H20N2O2. The summed E-state index contributed by atoms with van der Waals surface area (Å²) in [7, 11) is 3.70. The van der Waals surface area contributed by atoms with Crippen LogP contribution in [0.2, 0.25) is 0 Å². The van der Waals surface area contributed by atoms with E-state index in [0.29, 0.717) is 0 Å². The van der Waals surface area contributed by atoms with Crippen LogP contribution in [0.4, 0.5) is 5.69 Å². The lowest BCUT2D eigenvalue weighted by atomic mass is 10.0. The molecule has 102 valence electrons. The first-order valence-electron chi connectivity index (χ1n) is 6.28. The van der Waals surface area contributed by atoms with Crippen molar-refractivity contribution in [1.29, 1.82) is 0 Å². The largest absolute Gasteiger partial charge is 0.496 e. The van der Waals surface area contributed by atoms with Crippen molar-refractivity contribution < 1.29 is 9.15 Å². The number of hydrogen-bond donors (Lipinski definition) is 1. The maximum absolute atomic E-state index is 6.08. The van der Waals surface area contributed by atoms with E-state index in [2.05, 4.69) is 11.0 Å². The van der Waals surface area contributed by atoms with E-state index in [4.69, 9.17) is 14.9 Å². The van der Waals surface area contributed by atoms with E-state index in [-0.39, 0.29) is 6.04 Å². The van der Waals surface area contributed by atoms with Crippen molar-refractivity contribution in [3.63, 3.8) is 0 Å². The van der Waals surface area contributed by atoms with Crippen LogP contribution in [-0.4, -0.2) is 14.2 Å². The molecule has 0 aliphatic heterocycles. The first kappa shape index (κ1) is 13.5. The average molecular weight is 260 g/mol. The molecule has 0 spiro atoms. The predicted molar refractivity (Wildman–Crippen MR) is 76.4 cm³/mol. The van der Waals surface area contributed by atoms with Gasteiger partial charge < -0.3 is 19.8 Å². The number of nitrogens with two attached hydrogens (primary N) is 1. The minimum Gasteiger partial charge on any atom is -0.496 e. The molecule has 2 aromatic rings. The third-order valence-electron chi connectivity index (χ3n) is 3.13. The summed E-state index contributed by atoms with van der Waals surface area (Å²) in [6, 6.07) is 7.85. The van der Waals surface area contributed by atoms with Gasteiger partial charge in [-0.05, 0) is 25.1 Å². The fourth-order valence-electron chi connectivity index (χ4n) is 2.24. The van der Waals surface area contributed by atoms with Gasteiger partial charge in [-0.3, -0.25) is 0 Å². The average Bonchev–Trinajstić information content (AvgIpc) is 2.90. The van der Waals surface area contributed by atoms with E-state index in [1.54, 1.807) is 19.6 Å². The maximum atomic E-state index is 6.08. The summed E-state index contributed by atoms with van der Waals surface area (Å²) in [5.74, 6) is 0.826. The molecule has 2 N–H and O–H groups in total. The monoisotopic (exact) mass is 260 g/mol. The number of methoxy groups -OCH3 is 1. The van der Waals surface area contributed by atoms with Crippen molar-refractivity contribution in [2.45, 2.75) is 19.5 Å². The molecule has 19 heavy (non-hydrogen) atoms. The molecule has 0 saturated heterocycles. The van der Waals surface area contributed by atoms with Crippen molar-refractivity contribution in [2.24, 2.45) is 5.73 Å². The lowest BCUT2D eigenvalue weighted by Gasteiger charge is -2.25. The quantitative estimate of drug-likeness (QED) is 0.898.